The van der Waals surface area contributed by atoms with Gasteiger partial charge in [-0.05, 0) is 49.3 Å². The van der Waals surface area contributed by atoms with Gasteiger partial charge in [0.05, 0.1) is 0 Å². The maximum atomic E-state index is 13.5. The zero-order valence-corrected chi connectivity index (χ0v) is 21.2. The van der Waals surface area contributed by atoms with Crippen molar-refractivity contribution in [3.05, 3.63) is 65.2 Å². The van der Waals surface area contributed by atoms with Gasteiger partial charge in [0.1, 0.15) is 11.8 Å². The monoisotopic (exact) mass is 464 g/mol. The predicted octanol–water partition coefficient (Wildman–Crippen LogP) is 5.75. The van der Waals surface area contributed by atoms with Crippen molar-refractivity contribution in [2.75, 3.05) is 6.61 Å². The zero-order valence-electron chi connectivity index (χ0n) is 21.2. The fourth-order valence-electron chi connectivity index (χ4n) is 4.67. The number of rotatable bonds is 10. The van der Waals surface area contributed by atoms with E-state index in [0.29, 0.717) is 18.9 Å². The predicted molar refractivity (Wildman–Crippen MR) is 137 cm³/mol. The highest BCUT2D eigenvalue weighted by molar-refractivity contribution is 5.88. The minimum Gasteiger partial charge on any atom is -0.483 e. The molecule has 2 amide bonds. The number of benzene rings is 2. The van der Waals surface area contributed by atoms with Gasteiger partial charge in [0.2, 0.25) is 5.91 Å². The van der Waals surface area contributed by atoms with Gasteiger partial charge >= 0.3 is 0 Å². The number of amides is 2. The first-order valence-electron chi connectivity index (χ1n) is 12.8. The lowest BCUT2D eigenvalue weighted by molar-refractivity contribution is -0.143. The molecule has 5 nitrogen and oxygen atoms in total. The zero-order chi connectivity index (χ0) is 24.5. The molecule has 184 valence electrons. The van der Waals surface area contributed by atoms with E-state index < -0.39 is 6.04 Å². The van der Waals surface area contributed by atoms with Crippen molar-refractivity contribution in [2.24, 2.45) is 0 Å². The van der Waals surface area contributed by atoms with Crippen LogP contribution in [0.4, 0.5) is 0 Å². The molecule has 34 heavy (non-hydrogen) atoms. The number of nitrogens with zero attached hydrogens (tertiary/aromatic N) is 1. The number of aryl methyl sites for hydroxylation is 1. The summed E-state index contributed by atoms with van der Waals surface area (Å²) in [6.45, 7) is 8.51. The number of para-hydroxylation sites is 1. The van der Waals surface area contributed by atoms with Crippen LogP contribution in [0.25, 0.3) is 0 Å². The Morgan fingerprint density at radius 1 is 1.03 bits per heavy atom. The molecule has 1 atom stereocenters. The average Bonchev–Trinajstić information content (AvgIpc) is 2.84. The van der Waals surface area contributed by atoms with Gasteiger partial charge in [-0.25, -0.2) is 0 Å². The fourth-order valence-corrected chi connectivity index (χ4v) is 4.67. The second-order valence-corrected chi connectivity index (χ2v) is 9.76. The van der Waals surface area contributed by atoms with Crippen LogP contribution in [-0.2, 0) is 16.1 Å². The van der Waals surface area contributed by atoms with Gasteiger partial charge < -0.3 is 15.0 Å². The summed E-state index contributed by atoms with van der Waals surface area (Å²) in [5, 5.41) is 3.22. The van der Waals surface area contributed by atoms with E-state index in [1.165, 1.54) is 6.42 Å². The van der Waals surface area contributed by atoms with Gasteiger partial charge in [-0.15, -0.1) is 0 Å². The Kier molecular flexibility index (Phi) is 9.55. The molecule has 0 radical (unpaired) electrons. The maximum absolute atomic E-state index is 13.5. The Morgan fingerprint density at radius 2 is 1.71 bits per heavy atom. The molecular formula is C29H40N2O3. The Balaban J connectivity index is 1.77. The summed E-state index contributed by atoms with van der Waals surface area (Å²) in [6.07, 6.45) is 6.12. The standard InChI is InChI=1S/C29H40N2O3/c1-5-26(29(33)30-24-11-7-6-8-12-24)31(19-23-17-15-22(4)16-18-23)28(32)20-34-27-14-10-9-13-25(27)21(2)3/h9-10,13-18,21,24,26H,5-8,11-12,19-20H2,1-4H3,(H,30,33)/t26-/m1/s1. The van der Waals surface area contributed by atoms with Crippen LogP contribution in [0.1, 0.15) is 81.9 Å². The molecule has 1 aliphatic carbocycles. The lowest BCUT2D eigenvalue weighted by Crippen LogP contribution is -2.52. The summed E-state index contributed by atoms with van der Waals surface area (Å²) in [6, 6.07) is 15.6. The van der Waals surface area contributed by atoms with E-state index in [1.54, 1.807) is 4.90 Å². The highest BCUT2D eigenvalue weighted by Crippen LogP contribution is 2.26. The van der Waals surface area contributed by atoms with Crippen molar-refractivity contribution >= 4 is 11.8 Å². The summed E-state index contributed by atoms with van der Waals surface area (Å²) < 4.78 is 6.00. The lowest BCUT2D eigenvalue weighted by atomic mass is 9.95. The Hall–Kier alpha value is -2.82. The van der Waals surface area contributed by atoms with E-state index in [2.05, 4.69) is 19.2 Å². The molecular weight excluding hydrogens is 424 g/mol. The molecule has 1 aliphatic rings. The summed E-state index contributed by atoms with van der Waals surface area (Å²) in [5.74, 6) is 0.780. The summed E-state index contributed by atoms with van der Waals surface area (Å²) in [5.41, 5.74) is 3.24. The molecule has 0 aromatic heterocycles. The van der Waals surface area contributed by atoms with Gasteiger partial charge in [-0.2, -0.15) is 0 Å². The van der Waals surface area contributed by atoms with Crippen LogP contribution in [-0.4, -0.2) is 35.4 Å². The topological polar surface area (TPSA) is 58.6 Å². The van der Waals surface area contributed by atoms with Crippen LogP contribution in [0.2, 0.25) is 0 Å². The normalized spacial score (nSPS) is 15.1. The van der Waals surface area contributed by atoms with Crippen molar-refractivity contribution in [1.82, 2.24) is 10.2 Å². The summed E-state index contributed by atoms with van der Waals surface area (Å²) in [7, 11) is 0. The van der Waals surface area contributed by atoms with Gasteiger partial charge in [0, 0.05) is 12.6 Å². The molecule has 0 saturated heterocycles. The molecule has 3 rings (SSSR count). The van der Waals surface area contributed by atoms with Crippen molar-refractivity contribution in [1.29, 1.82) is 0 Å². The average molecular weight is 465 g/mol. The Bertz CT molecular complexity index is 933. The van der Waals surface area contributed by atoms with E-state index in [1.807, 2.05) is 62.4 Å². The number of nitrogens with one attached hydrogen (secondary N) is 1. The lowest BCUT2D eigenvalue weighted by Gasteiger charge is -2.32. The van der Waals surface area contributed by atoms with Crippen molar-refractivity contribution in [2.45, 2.75) is 90.8 Å². The summed E-state index contributed by atoms with van der Waals surface area (Å²) in [4.78, 5) is 28.5. The number of carbonyl (C=O) groups excluding carboxylic acids is 2. The van der Waals surface area contributed by atoms with Crippen molar-refractivity contribution in [3.8, 4) is 5.75 Å². The van der Waals surface area contributed by atoms with E-state index >= 15 is 0 Å². The fraction of sp³-hybridized carbons (Fsp3) is 0.517. The van der Waals surface area contributed by atoms with Gasteiger partial charge in [-0.3, -0.25) is 9.59 Å². The van der Waals surface area contributed by atoms with Crippen LogP contribution < -0.4 is 10.1 Å². The molecule has 5 heteroatoms. The second-order valence-electron chi connectivity index (χ2n) is 9.76. The highest BCUT2D eigenvalue weighted by Gasteiger charge is 2.30. The molecule has 1 N–H and O–H groups in total. The van der Waals surface area contributed by atoms with Crippen molar-refractivity contribution in [3.63, 3.8) is 0 Å². The van der Waals surface area contributed by atoms with Crippen LogP contribution in [0, 0.1) is 6.92 Å². The van der Waals surface area contributed by atoms with Crippen LogP contribution in [0.5, 0.6) is 5.75 Å². The van der Waals surface area contributed by atoms with Crippen molar-refractivity contribution < 1.29 is 14.3 Å². The van der Waals surface area contributed by atoms with E-state index in [-0.39, 0.29) is 24.5 Å². The number of carbonyl (C=O) groups is 2. The second kappa shape index (κ2) is 12.6. The highest BCUT2D eigenvalue weighted by atomic mass is 16.5. The molecule has 2 aromatic carbocycles. The minimum atomic E-state index is -0.528. The third kappa shape index (κ3) is 7.09. The van der Waals surface area contributed by atoms with E-state index in [9.17, 15) is 9.59 Å². The minimum absolute atomic E-state index is 0.0579. The van der Waals surface area contributed by atoms with E-state index in [0.717, 1.165) is 48.1 Å². The largest absolute Gasteiger partial charge is 0.483 e. The number of hydrogen-bond donors (Lipinski definition) is 1. The smallest absolute Gasteiger partial charge is 0.261 e. The first-order valence-corrected chi connectivity index (χ1v) is 12.8. The summed E-state index contributed by atoms with van der Waals surface area (Å²) >= 11 is 0. The Morgan fingerprint density at radius 3 is 2.35 bits per heavy atom. The third-order valence-corrected chi connectivity index (χ3v) is 6.70. The SMILES string of the molecule is CC[C@H](C(=O)NC1CCCCC1)N(Cc1ccc(C)cc1)C(=O)COc1ccccc1C(C)C. The quantitative estimate of drug-likeness (QED) is 0.487. The molecule has 1 fully saturated rings. The molecule has 0 heterocycles. The maximum Gasteiger partial charge on any atom is 0.261 e. The first kappa shape index (κ1) is 25.8. The molecule has 1 saturated carbocycles. The van der Waals surface area contributed by atoms with Gasteiger partial charge in [0.15, 0.2) is 6.61 Å². The first-order chi connectivity index (χ1) is 16.4. The van der Waals surface area contributed by atoms with Gasteiger partial charge in [0.25, 0.3) is 5.91 Å². The van der Waals surface area contributed by atoms with Gasteiger partial charge in [-0.1, -0.05) is 88.1 Å². The molecule has 2 aromatic rings. The molecule has 0 aliphatic heterocycles. The van der Waals surface area contributed by atoms with Crippen LogP contribution in [0.15, 0.2) is 48.5 Å². The van der Waals surface area contributed by atoms with Crippen LogP contribution >= 0.6 is 0 Å². The van der Waals surface area contributed by atoms with Crippen LogP contribution in [0.3, 0.4) is 0 Å². The molecule has 0 unspecified atom stereocenters. The number of hydrogen-bond acceptors (Lipinski definition) is 3. The Labute approximate surface area is 204 Å². The molecule has 0 spiro atoms. The number of ether oxygens (including phenoxy) is 1. The third-order valence-electron chi connectivity index (χ3n) is 6.70. The van der Waals surface area contributed by atoms with E-state index in [4.69, 9.17) is 4.74 Å². The molecule has 0 bridgehead atoms.